The highest BCUT2D eigenvalue weighted by molar-refractivity contribution is 5.53. The Bertz CT molecular complexity index is 295. The van der Waals surface area contributed by atoms with Crippen molar-refractivity contribution in [3.8, 4) is 0 Å². The zero-order valence-electron chi connectivity index (χ0n) is 9.46. The summed E-state index contributed by atoms with van der Waals surface area (Å²) < 4.78 is 0. The third-order valence-electron chi connectivity index (χ3n) is 2.22. The van der Waals surface area contributed by atoms with Crippen molar-refractivity contribution >= 4 is 6.08 Å². The fourth-order valence-electron chi connectivity index (χ4n) is 1.57. The van der Waals surface area contributed by atoms with Gasteiger partial charge in [0.15, 0.2) is 0 Å². The smallest absolute Gasteiger partial charge is 0.0228 e. The fourth-order valence-corrected chi connectivity index (χ4v) is 1.57. The summed E-state index contributed by atoms with van der Waals surface area (Å²) in [5, 5.41) is 0. The van der Waals surface area contributed by atoms with Gasteiger partial charge in [-0.3, -0.25) is 0 Å². The molecule has 76 valence electrons. The minimum absolute atomic E-state index is 0.728. The van der Waals surface area contributed by atoms with Crippen LogP contribution in [-0.2, 0) is 6.42 Å². The lowest BCUT2D eigenvalue weighted by molar-refractivity contribution is 0.646. The molecule has 0 saturated heterocycles. The van der Waals surface area contributed by atoms with E-state index < -0.39 is 0 Å². The summed E-state index contributed by atoms with van der Waals surface area (Å²) in [6.07, 6.45) is 6.73. The molecular weight excluding hydrogens is 168 g/mol. The van der Waals surface area contributed by atoms with Crippen LogP contribution in [0.15, 0.2) is 30.3 Å². The minimum atomic E-state index is 0.728. The van der Waals surface area contributed by atoms with Crippen LogP contribution in [0, 0.1) is 5.92 Å². The van der Waals surface area contributed by atoms with E-state index in [0.717, 1.165) is 12.3 Å². The minimum Gasteiger partial charge on any atom is -0.0842 e. The first kappa shape index (κ1) is 11.0. The molecule has 0 bridgehead atoms. The normalized spacial score (nSPS) is 11.4. The molecule has 0 heterocycles. The predicted octanol–water partition coefficient (Wildman–Crippen LogP) is 4.31. The van der Waals surface area contributed by atoms with E-state index in [9.17, 15) is 0 Å². The van der Waals surface area contributed by atoms with Crippen LogP contribution in [0.1, 0.15) is 38.3 Å². The molecule has 1 rings (SSSR count). The van der Waals surface area contributed by atoms with E-state index in [1.807, 2.05) is 0 Å². The van der Waals surface area contributed by atoms with Crippen molar-refractivity contribution in [2.45, 2.75) is 33.6 Å². The van der Waals surface area contributed by atoms with Gasteiger partial charge in [-0.1, -0.05) is 57.2 Å². The van der Waals surface area contributed by atoms with Gasteiger partial charge in [0, 0.05) is 0 Å². The Kier molecular flexibility index (Phi) is 4.45. The van der Waals surface area contributed by atoms with E-state index in [2.05, 4.69) is 57.2 Å². The van der Waals surface area contributed by atoms with Crippen molar-refractivity contribution in [1.29, 1.82) is 0 Å². The molecule has 0 spiro atoms. The molecule has 0 saturated carbocycles. The molecule has 0 amide bonds. The molecule has 0 nitrogen and oxygen atoms in total. The van der Waals surface area contributed by atoms with E-state index in [4.69, 9.17) is 0 Å². The van der Waals surface area contributed by atoms with Gasteiger partial charge in [-0.25, -0.2) is 0 Å². The van der Waals surface area contributed by atoms with Gasteiger partial charge < -0.3 is 0 Å². The van der Waals surface area contributed by atoms with Gasteiger partial charge in [-0.2, -0.15) is 0 Å². The second kappa shape index (κ2) is 5.64. The highest BCUT2D eigenvalue weighted by Gasteiger charge is 2.00. The summed E-state index contributed by atoms with van der Waals surface area (Å²) >= 11 is 0. The summed E-state index contributed by atoms with van der Waals surface area (Å²) in [4.78, 5) is 0. The van der Waals surface area contributed by atoms with Gasteiger partial charge in [-0.05, 0) is 29.9 Å². The summed E-state index contributed by atoms with van der Waals surface area (Å²) in [6, 6.07) is 8.67. The van der Waals surface area contributed by atoms with Crippen LogP contribution in [0.3, 0.4) is 0 Å². The lowest BCUT2D eigenvalue weighted by Crippen LogP contribution is -1.96. The summed E-state index contributed by atoms with van der Waals surface area (Å²) in [5.74, 6) is 0.728. The van der Waals surface area contributed by atoms with Crippen LogP contribution in [0.5, 0.6) is 0 Å². The molecule has 0 aliphatic rings. The Balaban J connectivity index is 2.85. The second-order valence-corrected chi connectivity index (χ2v) is 4.11. The summed E-state index contributed by atoms with van der Waals surface area (Å²) in [7, 11) is 0. The van der Waals surface area contributed by atoms with Gasteiger partial charge in [0.25, 0.3) is 0 Å². The maximum Gasteiger partial charge on any atom is -0.0228 e. The molecular formula is C14H20. The van der Waals surface area contributed by atoms with Crippen LogP contribution < -0.4 is 0 Å². The molecule has 14 heavy (non-hydrogen) atoms. The fraction of sp³-hybridized carbons (Fsp3) is 0.429. The molecule has 0 heteroatoms. The van der Waals surface area contributed by atoms with E-state index in [1.165, 1.54) is 17.5 Å². The number of hydrogen-bond donors (Lipinski definition) is 0. The van der Waals surface area contributed by atoms with Crippen LogP contribution >= 0.6 is 0 Å². The SMILES string of the molecule is CCC=Cc1ccccc1CC(C)C. The Morgan fingerprint density at radius 1 is 1.21 bits per heavy atom. The molecule has 0 fully saturated rings. The molecule has 0 aromatic heterocycles. The van der Waals surface area contributed by atoms with Gasteiger partial charge in [0.2, 0.25) is 0 Å². The summed E-state index contributed by atoms with van der Waals surface area (Å²) in [5.41, 5.74) is 2.84. The van der Waals surface area contributed by atoms with Gasteiger partial charge in [-0.15, -0.1) is 0 Å². The van der Waals surface area contributed by atoms with E-state index in [0.29, 0.717) is 0 Å². The first-order valence-electron chi connectivity index (χ1n) is 5.48. The van der Waals surface area contributed by atoms with Crippen molar-refractivity contribution in [2.75, 3.05) is 0 Å². The molecule has 0 unspecified atom stereocenters. The molecule has 0 atom stereocenters. The topological polar surface area (TPSA) is 0 Å². The Hall–Kier alpha value is -1.04. The monoisotopic (exact) mass is 188 g/mol. The maximum absolute atomic E-state index is 2.26. The average molecular weight is 188 g/mol. The number of benzene rings is 1. The number of allylic oxidation sites excluding steroid dienone is 1. The third-order valence-corrected chi connectivity index (χ3v) is 2.22. The van der Waals surface area contributed by atoms with Crippen molar-refractivity contribution in [3.63, 3.8) is 0 Å². The predicted molar refractivity (Wildman–Crippen MR) is 64.3 cm³/mol. The lowest BCUT2D eigenvalue weighted by atomic mass is 9.98. The summed E-state index contributed by atoms with van der Waals surface area (Å²) in [6.45, 7) is 6.70. The van der Waals surface area contributed by atoms with Gasteiger partial charge in [0.05, 0.1) is 0 Å². The van der Waals surface area contributed by atoms with E-state index in [-0.39, 0.29) is 0 Å². The first-order valence-corrected chi connectivity index (χ1v) is 5.48. The Labute approximate surface area is 87.7 Å². The molecule has 0 radical (unpaired) electrons. The molecule has 1 aromatic rings. The quantitative estimate of drug-likeness (QED) is 0.660. The molecule has 0 aliphatic carbocycles. The standard InChI is InChI=1S/C14H20/c1-4-5-8-13-9-6-7-10-14(13)11-12(2)3/h5-10,12H,4,11H2,1-3H3. The molecule has 1 aromatic carbocycles. The second-order valence-electron chi connectivity index (χ2n) is 4.11. The highest BCUT2D eigenvalue weighted by Crippen LogP contribution is 2.15. The largest absolute Gasteiger partial charge is 0.0842 e. The zero-order valence-corrected chi connectivity index (χ0v) is 9.46. The van der Waals surface area contributed by atoms with E-state index >= 15 is 0 Å². The average Bonchev–Trinajstić information content (AvgIpc) is 2.16. The number of rotatable bonds is 4. The molecule has 0 N–H and O–H groups in total. The highest BCUT2D eigenvalue weighted by atomic mass is 14.1. The van der Waals surface area contributed by atoms with Gasteiger partial charge >= 0.3 is 0 Å². The van der Waals surface area contributed by atoms with Crippen molar-refractivity contribution < 1.29 is 0 Å². The third kappa shape index (κ3) is 3.37. The maximum atomic E-state index is 2.26. The van der Waals surface area contributed by atoms with Crippen LogP contribution in [-0.4, -0.2) is 0 Å². The van der Waals surface area contributed by atoms with Crippen molar-refractivity contribution in [3.05, 3.63) is 41.5 Å². The lowest BCUT2D eigenvalue weighted by Gasteiger charge is -2.08. The zero-order chi connectivity index (χ0) is 10.4. The van der Waals surface area contributed by atoms with Crippen molar-refractivity contribution in [1.82, 2.24) is 0 Å². The number of hydrogen-bond acceptors (Lipinski definition) is 0. The van der Waals surface area contributed by atoms with Crippen LogP contribution in [0.4, 0.5) is 0 Å². The Morgan fingerprint density at radius 3 is 2.57 bits per heavy atom. The van der Waals surface area contributed by atoms with Crippen LogP contribution in [0.2, 0.25) is 0 Å². The molecule has 0 aliphatic heterocycles. The van der Waals surface area contributed by atoms with Gasteiger partial charge in [0.1, 0.15) is 0 Å². The first-order chi connectivity index (χ1) is 6.74. The van der Waals surface area contributed by atoms with E-state index in [1.54, 1.807) is 0 Å². The Morgan fingerprint density at radius 2 is 1.93 bits per heavy atom. The van der Waals surface area contributed by atoms with Crippen molar-refractivity contribution in [2.24, 2.45) is 5.92 Å². The van der Waals surface area contributed by atoms with Crippen LogP contribution in [0.25, 0.3) is 6.08 Å².